The average Bonchev–Trinajstić information content (AvgIpc) is 2.09. The maximum Gasteiger partial charge on any atom is 0.0926 e. The summed E-state index contributed by atoms with van der Waals surface area (Å²) in [6, 6.07) is 0. The van der Waals surface area contributed by atoms with E-state index >= 15 is 0 Å². The molecule has 1 saturated heterocycles. The van der Waals surface area contributed by atoms with Gasteiger partial charge in [0.1, 0.15) is 0 Å². The number of aliphatic hydroxyl groups excluding tert-OH is 1. The van der Waals surface area contributed by atoms with E-state index in [1.165, 1.54) is 0 Å². The lowest BCUT2D eigenvalue weighted by molar-refractivity contribution is -0.0638. The molecule has 0 amide bonds. The van der Waals surface area contributed by atoms with Crippen molar-refractivity contribution in [1.29, 1.82) is 0 Å². The molecular weight excluding hydrogens is 158 g/mol. The van der Waals surface area contributed by atoms with Crippen molar-refractivity contribution < 1.29 is 14.6 Å². The van der Waals surface area contributed by atoms with Crippen LogP contribution in [0.5, 0.6) is 0 Å². The Labute approximate surface area is 72.9 Å². The van der Waals surface area contributed by atoms with Crippen molar-refractivity contribution >= 4 is 0 Å². The number of piperidine rings is 1. The third-order valence-electron chi connectivity index (χ3n) is 2.01. The first-order valence-electron chi connectivity index (χ1n) is 4.34. The van der Waals surface area contributed by atoms with Crippen LogP contribution in [0.15, 0.2) is 0 Å². The molecule has 0 bridgehead atoms. The predicted octanol–water partition coefficient (Wildman–Crippen LogP) is -0.628. The van der Waals surface area contributed by atoms with Crippen molar-refractivity contribution in [3.63, 3.8) is 0 Å². The molecule has 1 aliphatic heterocycles. The van der Waals surface area contributed by atoms with Crippen LogP contribution in [0.2, 0.25) is 0 Å². The Morgan fingerprint density at radius 1 is 1.50 bits per heavy atom. The van der Waals surface area contributed by atoms with Gasteiger partial charge in [-0.15, -0.1) is 0 Å². The van der Waals surface area contributed by atoms with E-state index in [1.807, 2.05) is 0 Å². The summed E-state index contributed by atoms with van der Waals surface area (Å²) in [4.78, 5) is 0. The number of aliphatic hydroxyl groups is 1. The van der Waals surface area contributed by atoms with Gasteiger partial charge >= 0.3 is 0 Å². The monoisotopic (exact) mass is 175 g/mol. The van der Waals surface area contributed by atoms with Crippen LogP contribution in [0.3, 0.4) is 0 Å². The SMILES string of the molecule is COCCOC1CCNCC1O. The number of ether oxygens (including phenoxy) is 2. The summed E-state index contributed by atoms with van der Waals surface area (Å²) in [5.41, 5.74) is 0. The van der Waals surface area contributed by atoms with Crippen molar-refractivity contribution in [2.45, 2.75) is 18.6 Å². The van der Waals surface area contributed by atoms with Crippen LogP contribution in [0, 0.1) is 0 Å². The molecule has 2 N–H and O–H groups in total. The van der Waals surface area contributed by atoms with E-state index in [0.29, 0.717) is 19.8 Å². The highest BCUT2D eigenvalue weighted by atomic mass is 16.5. The molecule has 1 aliphatic rings. The first-order valence-corrected chi connectivity index (χ1v) is 4.34. The van der Waals surface area contributed by atoms with Crippen LogP contribution < -0.4 is 5.32 Å². The summed E-state index contributed by atoms with van der Waals surface area (Å²) < 4.78 is 10.3. The fourth-order valence-corrected chi connectivity index (χ4v) is 1.30. The van der Waals surface area contributed by atoms with Crippen LogP contribution in [-0.2, 0) is 9.47 Å². The maximum absolute atomic E-state index is 9.44. The van der Waals surface area contributed by atoms with Crippen molar-refractivity contribution in [3.8, 4) is 0 Å². The van der Waals surface area contributed by atoms with Gasteiger partial charge in [0.2, 0.25) is 0 Å². The molecule has 0 saturated carbocycles. The Morgan fingerprint density at radius 3 is 3.00 bits per heavy atom. The minimum atomic E-state index is -0.365. The quantitative estimate of drug-likeness (QED) is 0.559. The Bertz CT molecular complexity index is 121. The van der Waals surface area contributed by atoms with E-state index in [1.54, 1.807) is 7.11 Å². The van der Waals surface area contributed by atoms with Crippen molar-refractivity contribution in [2.75, 3.05) is 33.4 Å². The van der Waals surface area contributed by atoms with Crippen molar-refractivity contribution in [3.05, 3.63) is 0 Å². The topological polar surface area (TPSA) is 50.7 Å². The number of β-amino-alcohol motifs (C(OH)–C–C–N with tert-alkyl or cyclic N) is 1. The first kappa shape index (κ1) is 9.92. The molecule has 4 nitrogen and oxygen atoms in total. The molecule has 0 radical (unpaired) electrons. The maximum atomic E-state index is 9.44. The van der Waals surface area contributed by atoms with E-state index in [4.69, 9.17) is 9.47 Å². The second-order valence-corrected chi connectivity index (χ2v) is 2.96. The van der Waals surface area contributed by atoms with E-state index in [-0.39, 0.29) is 12.2 Å². The fourth-order valence-electron chi connectivity index (χ4n) is 1.30. The lowest BCUT2D eigenvalue weighted by atomic mass is 10.1. The number of hydrogen-bond donors (Lipinski definition) is 2. The van der Waals surface area contributed by atoms with Crippen molar-refractivity contribution in [2.24, 2.45) is 0 Å². The third kappa shape index (κ3) is 3.06. The Morgan fingerprint density at radius 2 is 2.33 bits per heavy atom. The van der Waals surface area contributed by atoms with E-state index < -0.39 is 0 Å². The van der Waals surface area contributed by atoms with E-state index in [9.17, 15) is 5.11 Å². The lowest BCUT2D eigenvalue weighted by Crippen LogP contribution is -2.45. The zero-order chi connectivity index (χ0) is 8.81. The van der Waals surface area contributed by atoms with Crippen LogP contribution >= 0.6 is 0 Å². The Kier molecular flexibility index (Phi) is 4.53. The molecule has 1 heterocycles. The minimum Gasteiger partial charge on any atom is -0.389 e. The van der Waals surface area contributed by atoms with Crippen LogP contribution in [-0.4, -0.2) is 50.7 Å². The standard InChI is InChI=1S/C8H17NO3/c1-11-4-5-12-8-2-3-9-6-7(8)10/h7-10H,2-6H2,1H3. The second kappa shape index (κ2) is 5.48. The number of methoxy groups -OCH3 is 1. The summed E-state index contributed by atoms with van der Waals surface area (Å²) in [6.45, 7) is 2.72. The highest BCUT2D eigenvalue weighted by Gasteiger charge is 2.22. The van der Waals surface area contributed by atoms with Crippen LogP contribution in [0.1, 0.15) is 6.42 Å². The number of hydrogen-bond acceptors (Lipinski definition) is 4. The molecule has 72 valence electrons. The predicted molar refractivity (Wildman–Crippen MR) is 45.1 cm³/mol. The molecule has 4 heteroatoms. The van der Waals surface area contributed by atoms with Gasteiger partial charge in [-0.1, -0.05) is 0 Å². The molecule has 1 rings (SSSR count). The first-order chi connectivity index (χ1) is 5.84. The normalized spacial score (nSPS) is 30.5. The fraction of sp³-hybridized carbons (Fsp3) is 1.00. The molecule has 0 aromatic heterocycles. The molecule has 0 aliphatic carbocycles. The average molecular weight is 175 g/mol. The van der Waals surface area contributed by atoms with Gasteiger partial charge in [0.25, 0.3) is 0 Å². The largest absolute Gasteiger partial charge is 0.389 e. The summed E-state index contributed by atoms with van der Waals surface area (Å²) in [7, 11) is 1.64. The number of rotatable bonds is 4. The Balaban J connectivity index is 2.11. The summed E-state index contributed by atoms with van der Waals surface area (Å²) >= 11 is 0. The van der Waals surface area contributed by atoms with Gasteiger partial charge in [-0.3, -0.25) is 0 Å². The summed E-state index contributed by atoms with van der Waals surface area (Å²) in [5, 5.41) is 12.5. The summed E-state index contributed by atoms with van der Waals surface area (Å²) in [6.07, 6.45) is 0.502. The Hall–Kier alpha value is -0.160. The summed E-state index contributed by atoms with van der Waals surface area (Å²) in [5.74, 6) is 0. The lowest BCUT2D eigenvalue weighted by Gasteiger charge is -2.28. The zero-order valence-electron chi connectivity index (χ0n) is 7.45. The minimum absolute atomic E-state index is 0.0126. The highest BCUT2D eigenvalue weighted by molar-refractivity contribution is 4.77. The molecule has 0 spiro atoms. The molecule has 0 aromatic rings. The van der Waals surface area contributed by atoms with Crippen molar-refractivity contribution in [1.82, 2.24) is 5.32 Å². The van der Waals surface area contributed by atoms with Gasteiger partial charge in [-0.25, -0.2) is 0 Å². The molecule has 0 aromatic carbocycles. The van der Waals surface area contributed by atoms with Gasteiger partial charge in [-0.05, 0) is 13.0 Å². The van der Waals surface area contributed by atoms with E-state index in [2.05, 4.69) is 5.32 Å². The van der Waals surface area contributed by atoms with Gasteiger partial charge in [0, 0.05) is 13.7 Å². The molecule has 1 fully saturated rings. The van der Waals surface area contributed by atoms with Gasteiger partial charge in [-0.2, -0.15) is 0 Å². The molecular formula is C8H17NO3. The number of nitrogens with one attached hydrogen (secondary N) is 1. The zero-order valence-corrected chi connectivity index (χ0v) is 7.45. The highest BCUT2D eigenvalue weighted by Crippen LogP contribution is 2.07. The molecule has 12 heavy (non-hydrogen) atoms. The van der Waals surface area contributed by atoms with Crippen LogP contribution in [0.4, 0.5) is 0 Å². The van der Waals surface area contributed by atoms with Crippen LogP contribution in [0.25, 0.3) is 0 Å². The smallest absolute Gasteiger partial charge is 0.0926 e. The van der Waals surface area contributed by atoms with Gasteiger partial charge in [0.15, 0.2) is 0 Å². The van der Waals surface area contributed by atoms with E-state index in [0.717, 1.165) is 13.0 Å². The van der Waals surface area contributed by atoms with Gasteiger partial charge in [0.05, 0.1) is 25.4 Å². The van der Waals surface area contributed by atoms with Gasteiger partial charge < -0.3 is 19.9 Å². The second-order valence-electron chi connectivity index (χ2n) is 2.96. The third-order valence-corrected chi connectivity index (χ3v) is 2.01. The molecule has 2 atom stereocenters. The molecule has 2 unspecified atom stereocenters.